The molecule has 3 nitrogen and oxygen atoms in total. The first-order valence-electron chi connectivity index (χ1n) is 5.75. The lowest BCUT2D eigenvalue weighted by molar-refractivity contribution is 0.0616. The first-order valence-corrected chi connectivity index (χ1v) is 6.13. The molecule has 0 heterocycles. The quantitative estimate of drug-likeness (QED) is 0.674. The van der Waals surface area contributed by atoms with Crippen LogP contribution in [0.2, 0.25) is 5.02 Å². The van der Waals surface area contributed by atoms with E-state index >= 15 is 0 Å². The molecular formula is C14H19ClN2O. The number of carbonyl (C=O) groups excluding carboxylic acids is 1. The second-order valence-electron chi connectivity index (χ2n) is 5.11. The molecule has 1 rings (SSSR count). The number of hydrogen-bond acceptors (Lipinski definition) is 2. The van der Waals surface area contributed by atoms with Gasteiger partial charge in [-0.25, -0.2) is 0 Å². The summed E-state index contributed by atoms with van der Waals surface area (Å²) in [6, 6.07) is 4.93. The van der Waals surface area contributed by atoms with E-state index in [0.29, 0.717) is 22.8 Å². The topological polar surface area (TPSA) is 46.3 Å². The van der Waals surface area contributed by atoms with Gasteiger partial charge in [0.2, 0.25) is 0 Å². The Kier molecular flexibility index (Phi) is 4.41. The first-order chi connectivity index (χ1) is 8.27. The van der Waals surface area contributed by atoms with E-state index in [1.165, 1.54) is 0 Å². The molecule has 0 atom stereocenters. The fourth-order valence-corrected chi connectivity index (χ4v) is 1.79. The van der Waals surface area contributed by atoms with Crippen molar-refractivity contribution in [1.82, 2.24) is 4.90 Å². The molecule has 0 aliphatic carbocycles. The number of nitrogen functional groups attached to an aromatic ring is 1. The highest BCUT2D eigenvalue weighted by atomic mass is 35.5. The van der Waals surface area contributed by atoms with Crippen molar-refractivity contribution in [1.29, 1.82) is 0 Å². The van der Waals surface area contributed by atoms with Crippen molar-refractivity contribution in [3.8, 4) is 0 Å². The van der Waals surface area contributed by atoms with E-state index in [-0.39, 0.29) is 11.4 Å². The molecule has 0 spiro atoms. The van der Waals surface area contributed by atoms with E-state index in [1.807, 2.05) is 20.8 Å². The molecule has 4 heteroatoms. The van der Waals surface area contributed by atoms with Crippen molar-refractivity contribution in [2.24, 2.45) is 0 Å². The molecule has 1 aromatic rings. The molecule has 0 saturated heterocycles. The maximum atomic E-state index is 12.4. The summed E-state index contributed by atoms with van der Waals surface area (Å²) >= 11 is 5.94. The van der Waals surface area contributed by atoms with Gasteiger partial charge in [0, 0.05) is 17.6 Å². The van der Waals surface area contributed by atoms with Crippen molar-refractivity contribution in [2.75, 3.05) is 12.3 Å². The molecule has 1 amide bonds. The minimum Gasteiger partial charge on any atom is -0.398 e. The van der Waals surface area contributed by atoms with Gasteiger partial charge in [-0.3, -0.25) is 4.79 Å². The number of hydrogen-bond donors (Lipinski definition) is 1. The van der Waals surface area contributed by atoms with Gasteiger partial charge in [0.1, 0.15) is 0 Å². The third kappa shape index (κ3) is 3.26. The van der Waals surface area contributed by atoms with Gasteiger partial charge in [0.25, 0.3) is 5.91 Å². The smallest absolute Gasteiger partial charge is 0.254 e. The predicted octanol–water partition coefficient (Wildman–Crippen LogP) is 3.35. The van der Waals surface area contributed by atoms with Crippen LogP contribution in [0.15, 0.2) is 30.9 Å². The van der Waals surface area contributed by atoms with Crippen LogP contribution in [-0.4, -0.2) is 22.9 Å². The molecular weight excluding hydrogens is 248 g/mol. The Balaban J connectivity index is 3.09. The van der Waals surface area contributed by atoms with E-state index in [2.05, 4.69) is 6.58 Å². The Bertz CT molecular complexity index is 463. The molecule has 1 aromatic carbocycles. The van der Waals surface area contributed by atoms with Crippen molar-refractivity contribution < 1.29 is 4.79 Å². The molecule has 2 N–H and O–H groups in total. The minimum absolute atomic E-state index is 0.0794. The summed E-state index contributed by atoms with van der Waals surface area (Å²) < 4.78 is 0. The van der Waals surface area contributed by atoms with Crippen LogP contribution in [0.4, 0.5) is 5.69 Å². The van der Waals surface area contributed by atoms with Gasteiger partial charge in [-0.2, -0.15) is 0 Å². The second-order valence-corrected chi connectivity index (χ2v) is 5.52. The number of nitrogens with zero attached hydrogens (tertiary/aromatic N) is 1. The van der Waals surface area contributed by atoms with Crippen LogP contribution < -0.4 is 5.73 Å². The Hall–Kier alpha value is -1.48. The number of amides is 1. The first kappa shape index (κ1) is 14.6. The molecule has 0 saturated carbocycles. The van der Waals surface area contributed by atoms with Crippen molar-refractivity contribution in [2.45, 2.75) is 26.3 Å². The normalized spacial score (nSPS) is 11.1. The number of carbonyl (C=O) groups is 1. The lowest BCUT2D eigenvalue weighted by Gasteiger charge is -2.35. The fraction of sp³-hybridized carbons (Fsp3) is 0.357. The van der Waals surface area contributed by atoms with Gasteiger partial charge < -0.3 is 10.6 Å². The average molecular weight is 267 g/mol. The summed E-state index contributed by atoms with van der Waals surface area (Å²) in [7, 11) is 0. The van der Waals surface area contributed by atoms with Crippen LogP contribution >= 0.6 is 11.6 Å². The molecule has 0 unspecified atom stereocenters. The average Bonchev–Trinajstić information content (AvgIpc) is 2.27. The van der Waals surface area contributed by atoms with Gasteiger partial charge in [-0.1, -0.05) is 17.7 Å². The molecule has 0 fully saturated rings. The fourth-order valence-electron chi connectivity index (χ4n) is 1.61. The number of anilines is 1. The molecule has 18 heavy (non-hydrogen) atoms. The number of benzene rings is 1. The van der Waals surface area contributed by atoms with Gasteiger partial charge in [0.05, 0.1) is 10.7 Å². The van der Waals surface area contributed by atoms with Crippen LogP contribution in [0.1, 0.15) is 31.1 Å². The van der Waals surface area contributed by atoms with E-state index in [1.54, 1.807) is 29.2 Å². The summed E-state index contributed by atoms with van der Waals surface area (Å²) in [5.41, 5.74) is 6.36. The standard InChI is InChI=1S/C14H19ClN2O/c1-5-8-17(14(2,3)4)13(18)10-6-7-12(16)11(15)9-10/h5-7,9H,1,8,16H2,2-4H3. The molecule has 0 bridgehead atoms. The molecule has 98 valence electrons. The summed E-state index contributed by atoms with van der Waals surface area (Å²) in [6.07, 6.45) is 1.71. The number of halogens is 1. The van der Waals surface area contributed by atoms with Crippen LogP contribution in [-0.2, 0) is 0 Å². The maximum absolute atomic E-state index is 12.4. The number of nitrogens with two attached hydrogens (primary N) is 1. The third-order valence-electron chi connectivity index (χ3n) is 2.61. The van der Waals surface area contributed by atoms with Crippen LogP contribution in [0, 0.1) is 0 Å². The van der Waals surface area contributed by atoms with E-state index in [4.69, 9.17) is 17.3 Å². The maximum Gasteiger partial charge on any atom is 0.254 e. The lowest BCUT2D eigenvalue weighted by Crippen LogP contribution is -2.45. The van der Waals surface area contributed by atoms with E-state index in [9.17, 15) is 4.79 Å². The highest BCUT2D eigenvalue weighted by Gasteiger charge is 2.26. The van der Waals surface area contributed by atoms with Crippen LogP contribution in [0.25, 0.3) is 0 Å². The minimum atomic E-state index is -0.279. The summed E-state index contributed by atoms with van der Waals surface area (Å²) in [5.74, 6) is -0.0794. The summed E-state index contributed by atoms with van der Waals surface area (Å²) in [5, 5.41) is 0.397. The van der Waals surface area contributed by atoms with Gasteiger partial charge in [-0.05, 0) is 39.0 Å². The Morgan fingerprint density at radius 2 is 2.11 bits per heavy atom. The third-order valence-corrected chi connectivity index (χ3v) is 2.94. The highest BCUT2D eigenvalue weighted by molar-refractivity contribution is 6.33. The molecule has 0 aromatic heterocycles. The largest absolute Gasteiger partial charge is 0.398 e. The van der Waals surface area contributed by atoms with E-state index < -0.39 is 0 Å². The van der Waals surface area contributed by atoms with E-state index in [0.717, 1.165) is 0 Å². The summed E-state index contributed by atoms with van der Waals surface area (Å²) in [6.45, 7) is 10.1. The zero-order valence-corrected chi connectivity index (χ0v) is 11.8. The number of rotatable bonds is 3. The highest BCUT2D eigenvalue weighted by Crippen LogP contribution is 2.23. The zero-order chi connectivity index (χ0) is 13.9. The SMILES string of the molecule is C=CCN(C(=O)c1ccc(N)c(Cl)c1)C(C)(C)C. The van der Waals surface area contributed by atoms with Crippen molar-refractivity contribution >= 4 is 23.2 Å². The van der Waals surface area contributed by atoms with Crippen molar-refractivity contribution in [3.05, 3.63) is 41.4 Å². The lowest BCUT2D eigenvalue weighted by atomic mass is 10.0. The monoisotopic (exact) mass is 266 g/mol. The van der Waals surface area contributed by atoms with Crippen molar-refractivity contribution in [3.63, 3.8) is 0 Å². The second kappa shape index (κ2) is 5.44. The summed E-state index contributed by atoms with van der Waals surface area (Å²) in [4.78, 5) is 14.2. The van der Waals surface area contributed by atoms with Crippen LogP contribution in [0.5, 0.6) is 0 Å². The Labute approximate surface area is 113 Å². The Morgan fingerprint density at radius 1 is 1.50 bits per heavy atom. The predicted molar refractivity (Wildman–Crippen MR) is 76.9 cm³/mol. The van der Waals surface area contributed by atoms with Gasteiger partial charge >= 0.3 is 0 Å². The molecule has 0 radical (unpaired) electrons. The zero-order valence-electron chi connectivity index (χ0n) is 11.0. The molecule has 0 aliphatic heterocycles. The van der Waals surface area contributed by atoms with Gasteiger partial charge in [0.15, 0.2) is 0 Å². The Morgan fingerprint density at radius 3 is 2.56 bits per heavy atom. The molecule has 0 aliphatic rings. The van der Waals surface area contributed by atoms with Gasteiger partial charge in [-0.15, -0.1) is 6.58 Å². The van der Waals surface area contributed by atoms with Crippen LogP contribution in [0.3, 0.4) is 0 Å².